The number of hydrogen-bond donors (Lipinski definition) is 1. The molecule has 1 aromatic rings. The highest BCUT2D eigenvalue weighted by atomic mass is 16.5. The van der Waals surface area contributed by atoms with E-state index in [4.69, 9.17) is 4.74 Å². The molecule has 1 atom stereocenters. The lowest BCUT2D eigenvalue weighted by Crippen LogP contribution is -2.34. The smallest absolute Gasteiger partial charge is 0.336 e. The standard InChI is InChI=1S/C20H23NO3/c1-4-24-20(23)17-13(3)21-15-6-5-7-16(22)19(15)18(17)14-10-8-12(2)9-11-14/h8-11,18,21H,4-7H2,1-3H3/t18-/m0/s1. The highest BCUT2D eigenvalue weighted by molar-refractivity contribution is 6.03. The Morgan fingerprint density at radius 2 is 1.92 bits per heavy atom. The minimum atomic E-state index is -0.349. The number of ether oxygens (including phenoxy) is 1. The Hall–Kier alpha value is -2.36. The molecule has 0 amide bonds. The van der Waals surface area contributed by atoms with Gasteiger partial charge in [0.15, 0.2) is 5.78 Å². The third-order valence-corrected chi connectivity index (χ3v) is 4.68. The first-order chi connectivity index (χ1) is 11.5. The summed E-state index contributed by atoms with van der Waals surface area (Å²) >= 11 is 0. The van der Waals surface area contributed by atoms with Crippen LogP contribution in [-0.2, 0) is 14.3 Å². The van der Waals surface area contributed by atoms with E-state index in [9.17, 15) is 9.59 Å². The van der Waals surface area contributed by atoms with Crippen molar-refractivity contribution in [2.24, 2.45) is 0 Å². The molecule has 0 saturated carbocycles. The van der Waals surface area contributed by atoms with Gasteiger partial charge in [-0.15, -0.1) is 0 Å². The van der Waals surface area contributed by atoms with E-state index in [1.54, 1.807) is 6.92 Å². The molecule has 1 heterocycles. The number of carbonyl (C=O) groups excluding carboxylic acids is 2. The molecule has 1 aliphatic heterocycles. The maximum absolute atomic E-state index is 12.6. The number of carbonyl (C=O) groups is 2. The van der Waals surface area contributed by atoms with Gasteiger partial charge in [0.1, 0.15) is 0 Å². The number of esters is 1. The lowest BCUT2D eigenvalue weighted by Gasteiger charge is -2.34. The van der Waals surface area contributed by atoms with Gasteiger partial charge in [0.05, 0.1) is 12.2 Å². The second-order valence-corrected chi connectivity index (χ2v) is 6.40. The Balaban J connectivity index is 2.15. The summed E-state index contributed by atoms with van der Waals surface area (Å²) in [5.41, 5.74) is 5.14. The summed E-state index contributed by atoms with van der Waals surface area (Å²) in [6, 6.07) is 8.04. The zero-order valence-electron chi connectivity index (χ0n) is 14.4. The number of dihydropyridines is 1. The minimum Gasteiger partial charge on any atom is -0.463 e. The van der Waals surface area contributed by atoms with Crippen molar-refractivity contribution < 1.29 is 14.3 Å². The molecular formula is C20H23NO3. The van der Waals surface area contributed by atoms with Gasteiger partial charge in [-0.25, -0.2) is 4.79 Å². The Bertz CT molecular complexity index is 741. The van der Waals surface area contributed by atoms with Gasteiger partial charge in [0.25, 0.3) is 0 Å². The third kappa shape index (κ3) is 2.88. The average Bonchev–Trinajstić information content (AvgIpc) is 2.55. The lowest BCUT2D eigenvalue weighted by molar-refractivity contribution is -0.138. The molecule has 0 bridgehead atoms. The molecule has 4 heteroatoms. The van der Waals surface area contributed by atoms with E-state index >= 15 is 0 Å². The van der Waals surface area contributed by atoms with Crippen molar-refractivity contribution >= 4 is 11.8 Å². The predicted octanol–water partition coefficient (Wildman–Crippen LogP) is 3.53. The summed E-state index contributed by atoms with van der Waals surface area (Å²) in [6.07, 6.45) is 2.24. The maximum Gasteiger partial charge on any atom is 0.336 e. The van der Waals surface area contributed by atoms with Gasteiger partial charge in [-0.3, -0.25) is 4.79 Å². The molecule has 0 fully saturated rings. The Kier molecular flexibility index (Phi) is 4.56. The summed E-state index contributed by atoms with van der Waals surface area (Å²) in [4.78, 5) is 25.2. The number of hydrogen-bond acceptors (Lipinski definition) is 4. The van der Waals surface area contributed by atoms with Crippen LogP contribution in [0.3, 0.4) is 0 Å². The summed E-state index contributed by atoms with van der Waals surface area (Å²) in [7, 11) is 0. The minimum absolute atomic E-state index is 0.128. The molecule has 126 valence electrons. The van der Waals surface area contributed by atoms with Crippen LogP contribution < -0.4 is 5.32 Å². The molecular weight excluding hydrogens is 302 g/mol. The van der Waals surface area contributed by atoms with Crippen LogP contribution in [0.25, 0.3) is 0 Å². The van der Waals surface area contributed by atoms with Gasteiger partial charge < -0.3 is 10.1 Å². The number of benzene rings is 1. The number of nitrogens with one attached hydrogen (secondary N) is 1. The fraction of sp³-hybridized carbons (Fsp3) is 0.400. The first-order valence-corrected chi connectivity index (χ1v) is 8.50. The second kappa shape index (κ2) is 6.63. The highest BCUT2D eigenvalue weighted by Gasteiger charge is 2.38. The molecule has 2 aliphatic rings. The van der Waals surface area contributed by atoms with Crippen molar-refractivity contribution in [3.8, 4) is 0 Å². The largest absolute Gasteiger partial charge is 0.463 e. The summed E-state index contributed by atoms with van der Waals surface area (Å²) in [6.45, 7) is 6.02. The van der Waals surface area contributed by atoms with Crippen molar-refractivity contribution in [1.82, 2.24) is 5.32 Å². The number of ketones is 1. The molecule has 4 nitrogen and oxygen atoms in total. The van der Waals surface area contributed by atoms with Gasteiger partial charge in [0.2, 0.25) is 0 Å². The van der Waals surface area contributed by atoms with Crippen LogP contribution in [0.1, 0.15) is 50.2 Å². The van der Waals surface area contributed by atoms with Gasteiger partial charge >= 0.3 is 5.97 Å². The fourth-order valence-electron chi connectivity index (χ4n) is 3.55. The molecule has 1 aromatic carbocycles. The molecule has 0 aromatic heterocycles. The number of rotatable bonds is 3. The van der Waals surface area contributed by atoms with E-state index in [-0.39, 0.29) is 17.7 Å². The third-order valence-electron chi connectivity index (χ3n) is 4.68. The maximum atomic E-state index is 12.6. The van der Waals surface area contributed by atoms with Crippen LogP contribution in [-0.4, -0.2) is 18.4 Å². The molecule has 0 spiro atoms. The van der Waals surface area contributed by atoms with Crippen molar-refractivity contribution in [2.45, 2.75) is 46.0 Å². The van der Waals surface area contributed by atoms with Crippen molar-refractivity contribution in [2.75, 3.05) is 6.61 Å². The van der Waals surface area contributed by atoms with E-state index in [0.29, 0.717) is 18.6 Å². The average molecular weight is 325 g/mol. The molecule has 1 N–H and O–H groups in total. The predicted molar refractivity (Wildman–Crippen MR) is 92.3 cm³/mol. The molecule has 0 saturated heterocycles. The second-order valence-electron chi connectivity index (χ2n) is 6.40. The lowest BCUT2D eigenvalue weighted by atomic mass is 9.75. The van der Waals surface area contributed by atoms with E-state index in [2.05, 4.69) is 5.32 Å². The zero-order chi connectivity index (χ0) is 17.3. The van der Waals surface area contributed by atoms with Crippen LogP contribution >= 0.6 is 0 Å². The van der Waals surface area contributed by atoms with E-state index in [1.165, 1.54) is 0 Å². The topological polar surface area (TPSA) is 55.4 Å². The van der Waals surface area contributed by atoms with Crippen LogP contribution in [0.4, 0.5) is 0 Å². The number of Topliss-reactive ketones (excluding diaryl/α,β-unsaturated/α-hetero) is 1. The summed E-state index contributed by atoms with van der Waals surface area (Å²) < 4.78 is 5.27. The van der Waals surface area contributed by atoms with Crippen LogP contribution in [0.15, 0.2) is 46.8 Å². The van der Waals surface area contributed by atoms with Crippen molar-refractivity contribution in [3.63, 3.8) is 0 Å². The first-order valence-electron chi connectivity index (χ1n) is 8.50. The Labute approximate surface area is 142 Å². The van der Waals surface area contributed by atoms with Crippen molar-refractivity contribution in [3.05, 3.63) is 57.9 Å². The highest BCUT2D eigenvalue weighted by Crippen LogP contribution is 2.42. The summed E-state index contributed by atoms with van der Waals surface area (Å²) in [5, 5.41) is 3.29. The number of aryl methyl sites for hydroxylation is 1. The Morgan fingerprint density at radius 3 is 2.58 bits per heavy atom. The van der Waals surface area contributed by atoms with Gasteiger partial charge in [0, 0.05) is 29.3 Å². The van der Waals surface area contributed by atoms with Crippen LogP contribution in [0, 0.1) is 6.92 Å². The number of allylic oxidation sites excluding steroid dienone is 3. The molecule has 0 unspecified atom stereocenters. The molecule has 3 rings (SSSR count). The van der Waals surface area contributed by atoms with Crippen LogP contribution in [0.2, 0.25) is 0 Å². The van der Waals surface area contributed by atoms with E-state index in [0.717, 1.165) is 40.9 Å². The molecule has 1 aliphatic carbocycles. The molecule has 0 radical (unpaired) electrons. The fourth-order valence-corrected chi connectivity index (χ4v) is 3.55. The zero-order valence-corrected chi connectivity index (χ0v) is 14.4. The van der Waals surface area contributed by atoms with Gasteiger partial charge in [-0.2, -0.15) is 0 Å². The van der Waals surface area contributed by atoms with Gasteiger partial charge in [-0.05, 0) is 39.2 Å². The quantitative estimate of drug-likeness (QED) is 0.864. The van der Waals surface area contributed by atoms with E-state index < -0.39 is 0 Å². The van der Waals surface area contributed by atoms with Crippen LogP contribution in [0.5, 0.6) is 0 Å². The normalized spacial score (nSPS) is 20.6. The summed E-state index contributed by atoms with van der Waals surface area (Å²) in [5.74, 6) is -0.560. The monoisotopic (exact) mass is 325 g/mol. The molecule has 24 heavy (non-hydrogen) atoms. The van der Waals surface area contributed by atoms with Crippen molar-refractivity contribution in [1.29, 1.82) is 0 Å². The Morgan fingerprint density at radius 1 is 1.21 bits per heavy atom. The SMILES string of the molecule is CCOC(=O)C1=C(C)NC2=C(C(=O)CCC2)[C@H]1c1ccc(C)cc1. The van der Waals surface area contributed by atoms with Gasteiger partial charge in [-0.1, -0.05) is 29.8 Å². The first kappa shape index (κ1) is 16.5. The van der Waals surface area contributed by atoms with E-state index in [1.807, 2.05) is 38.1 Å².